The molecule has 37 heavy (non-hydrogen) atoms. The number of ether oxygens (including phenoxy) is 1. The largest absolute Gasteiger partial charge is 0.633 e. The Morgan fingerprint density at radius 3 is 2.70 bits per heavy atom. The van der Waals surface area contributed by atoms with E-state index in [2.05, 4.69) is 61.5 Å². The van der Waals surface area contributed by atoms with Crippen LogP contribution in [0.2, 0.25) is 0 Å². The molecule has 2 heterocycles. The number of allylic oxidation sites excluding steroid dienone is 1. The van der Waals surface area contributed by atoms with Crippen LogP contribution < -0.4 is 0 Å². The van der Waals surface area contributed by atoms with Crippen LogP contribution in [0.1, 0.15) is 69.8 Å². The van der Waals surface area contributed by atoms with Gasteiger partial charge in [-0.3, -0.25) is 0 Å². The number of fused-ring (bicyclic) bond motifs is 2. The Balaban J connectivity index is 1.22. The van der Waals surface area contributed by atoms with E-state index in [4.69, 9.17) is 4.74 Å². The van der Waals surface area contributed by atoms with Gasteiger partial charge in [0.05, 0.1) is 24.3 Å². The molecule has 1 saturated heterocycles. The van der Waals surface area contributed by atoms with Crippen LogP contribution in [0.4, 0.5) is 8.78 Å². The first-order chi connectivity index (χ1) is 17.7. The standard InChI is InChI=1S/C32H37F2NO2/c1-30-14-13-25-18-24-9-10-26(35(2,36)20-29(33)34)19-31(24)15-16-32(25,37-31)28(30)12-11-27(30)23-8-7-21-5-3-4-6-22(21)17-23/h3-8,13,17-18,26-29H,9-12,14-16,19-20H2,1-2H3/t26-,27-,28-,30-,31-,32?,35?/m1/s1. The summed E-state index contributed by atoms with van der Waals surface area (Å²) >= 11 is 0. The van der Waals surface area contributed by atoms with E-state index in [1.165, 1.54) is 34.5 Å². The highest BCUT2D eigenvalue weighted by molar-refractivity contribution is 5.83. The fourth-order valence-electron chi connectivity index (χ4n) is 9.24. The fourth-order valence-corrected chi connectivity index (χ4v) is 9.24. The molecule has 3 aliphatic carbocycles. The lowest BCUT2D eigenvalue weighted by atomic mass is 9.58. The number of benzene rings is 2. The summed E-state index contributed by atoms with van der Waals surface area (Å²) < 4.78 is 32.8. The predicted octanol–water partition coefficient (Wildman–Crippen LogP) is 7.66. The Kier molecular flexibility index (Phi) is 5.17. The maximum Gasteiger partial charge on any atom is 0.286 e. The number of rotatable bonds is 4. The van der Waals surface area contributed by atoms with Gasteiger partial charge in [0, 0.05) is 12.8 Å². The maximum atomic E-state index is 13.2. The average Bonchev–Trinajstić information content (AvgIpc) is 3.37. The molecule has 2 spiro atoms. The van der Waals surface area contributed by atoms with Crippen molar-refractivity contribution < 1.29 is 18.2 Å². The van der Waals surface area contributed by atoms with Gasteiger partial charge in [0.1, 0.15) is 6.54 Å². The molecule has 3 fully saturated rings. The summed E-state index contributed by atoms with van der Waals surface area (Å²) in [5.74, 6) is 0.898. The molecule has 7 atom stereocenters. The molecule has 2 aromatic rings. The van der Waals surface area contributed by atoms with Crippen molar-refractivity contribution in [2.24, 2.45) is 11.3 Å². The van der Waals surface area contributed by atoms with E-state index in [-0.39, 0.29) is 17.1 Å². The van der Waals surface area contributed by atoms with Crippen molar-refractivity contribution in [3.63, 3.8) is 0 Å². The minimum atomic E-state index is -2.58. The number of quaternary nitrogens is 1. The van der Waals surface area contributed by atoms with Crippen LogP contribution in [0, 0.1) is 16.5 Å². The topological polar surface area (TPSA) is 32.3 Å². The molecule has 2 saturated carbocycles. The molecular formula is C32H37F2NO2. The second-order valence-corrected chi connectivity index (χ2v) is 13.0. The van der Waals surface area contributed by atoms with Gasteiger partial charge in [0.25, 0.3) is 6.43 Å². The quantitative estimate of drug-likeness (QED) is 0.316. The first-order valence-electron chi connectivity index (χ1n) is 14.1. The van der Waals surface area contributed by atoms with Gasteiger partial charge < -0.3 is 14.6 Å². The first-order valence-corrected chi connectivity index (χ1v) is 14.1. The molecule has 0 radical (unpaired) electrons. The second-order valence-electron chi connectivity index (χ2n) is 13.0. The highest BCUT2D eigenvalue weighted by atomic mass is 19.3. The van der Waals surface area contributed by atoms with Crippen molar-refractivity contribution in [1.82, 2.24) is 0 Å². The summed E-state index contributed by atoms with van der Waals surface area (Å²) in [6, 6.07) is 15.2. The van der Waals surface area contributed by atoms with Gasteiger partial charge in [-0.25, -0.2) is 8.78 Å². The summed E-state index contributed by atoms with van der Waals surface area (Å²) in [4.78, 5) is 0. The van der Waals surface area contributed by atoms with Gasteiger partial charge in [0.15, 0.2) is 0 Å². The van der Waals surface area contributed by atoms with Crippen LogP contribution in [0.25, 0.3) is 10.8 Å². The smallest absolute Gasteiger partial charge is 0.286 e. The lowest BCUT2D eigenvalue weighted by molar-refractivity contribution is -0.892. The minimum Gasteiger partial charge on any atom is -0.633 e. The molecule has 0 aromatic heterocycles. The molecule has 3 nitrogen and oxygen atoms in total. The fraction of sp³-hybridized carbons (Fsp3) is 0.562. The maximum absolute atomic E-state index is 13.2. The van der Waals surface area contributed by atoms with Gasteiger partial charge in [-0.05, 0) is 83.3 Å². The van der Waals surface area contributed by atoms with E-state index < -0.39 is 23.2 Å². The zero-order valence-corrected chi connectivity index (χ0v) is 21.9. The minimum absolute atomic E-state index is 0.107. The molecule has 7 rings (SSSR count). The van der Waals surface area contributed by atoms with E-state index in [1.54, 1.807) is 0 Å². The molecule has 5 aliphatic rings. The number of alkyl halides is 2. The molecule has 2 bridgehead atoms. The Hall–Kier alpha value is -2.08. The SMILES string of the molecule is C[C@]12CC=C3C=C4CC[C@@H]([N+](C)([O-])CC(F)F)C[C@]45CCC3(O5)[C@@H]1CC[C@@H]2c1ccc2ccccc2c1. The third kappa shape index (κ3) is 3.39. The molecular weight excluding hydrogens is 468 g/mol. The third-order valence-corrected chi connectivity index (χ3v) is 11.1. The van der Waals surface area contributed by atoms with E-state index in [0.717, 1.165) is 38.5 Å². The Morgan fingerprint density at radius 2 is 1.89 bits per heavy atom. The van der Waals surface area contributed by atoms with Crippen LogP contribution >= 0.6 is 0 Å². The van der Waals surface area contributed by atoms with Crippen molar-refractivity contribution in [1.29, 1.82) is 0 Å². The molecule has 196 valence electrons. The van der Waals surface area contributed by atoms with Gasteiger partial charge in [-0.2, -0.15) is 0 Å². The zero-order valence-electron chi connectivity index (χ0n) is 21.9. The van der Waals surface area contributed by atoms with Crippen molar-refractivity contribution in [3.8, 4) is 0 Å². The normalized spacial score (nSPS) is 40.0. The van der Waals surface area contributed by atoms with Crippen molar-refractivity contribution in [2.75, 3.05) is 13.6 Å². The van der Waals surface area contributed by atoms with Crippen LogP contribution in [0.5, 0.6) is 0 Å². The van der Waals surface area contributed by atoms with Crippen LogP contribution in [-0.2, 0) is 4.74 Å². The summed E-state index contributed by atoms with van der Waals surface area (Å²) in [6.07, 6.45) is 9.48. The Bertz CT molecular complexity index is 1320. The highest BCUT2D eigenvalue weighted by Gasteiger charge is 2.67. The zero-order chi connectivity index (χ0) is 25.6. The van der Waals surface area contributed by atoms with Gasteiger partial charge >= 0.3 is 0 Å². The van der Waals surface area contributed by atoms with Crippen molar-refractivity contribution >= 4 is 10.8 Å². The van der Waals surface area contributed by atoms with E-state index in [1.807, 2.05) is 0 Å². The summed E-state index contributed by atoms with van der Waals surface area (Å²) in [5, 5.41) is 15.8. The Labute approximate surface area is 218 Å². The van der Waals surface area contributed by atoms with Gasteiger partial charge in [-0.15, -0.1) is 0 Å². The summed E-state index contributed by atoms with van der Waals surface area (Å²) in [5.41, 5.74) is 3.43. The number of nitrogens with zero attached hydrogens (tertiary/aromatic N) is 1. The van der Waals surface area contributed by atoms with Crippen molar-refractivity contribution in [3.05, 3.63) is 76.5 Å². The molecule has 2 aliphatic heterocycles. The number of hydroxylamine groups is 3. The van der Waals surface area contributed by atoms with Gasteiger partial charge in [-0.1, -0.05) is 61.5 Å². The van der Waals surface area contributed by atoms with Gasteiger partial charge in [0.2, 0.25) is 0 Å². The predicted molar refractivity (Wildman–Crippen MR) is 142 cm³/mol. The number of hydrogen-bond acceptors (Lipinski definition) is 2. The van der Waals surface area contributed by atoms with E-state index in [0.29, 0.717) is 24.7 Å². The average molecular weight is 506 g/mol. The first kappa shape index (κ1) is 24.0. The van der Waals surface area contributed by atoms with Crippen molar-refractivity contribution in [2.45, 2.75) is 87.9 Å². The molecule has 5 heteroatoms. The van der Waals surface area contributed by atoms with Crippen LogP contribution in [0.15, 0.2) is 65.8 Å². The highest BCUT2D eigenvalue weighted by Crippen LogP contribution is 2.69. The summed E-state index contributed by atoms with van der Waals surface area (Å²) in [7, 11) is 1.43. The monoisotopic (exact) mass is 505 g/mol. The van der Waals surface area contributed by atoms with Crippen LogP contribution in [-0.4, -0.2) is 41.9 Å². The third-order valence-electron chi connectivity index (χ3n) is 11.1. The molecule has 0 amide bonds. The molecule has 2 unspecified atom stereocenters. The number of hydrogen-bond donors (Lipinski definition) is 0. The second kappa shape index (κ2) is 7.97. The Morgan fingerprint density at radius 1 is 1.08 bits per heavy atom. The summed E-state index contributed by atoms with van der Waals surface area (Å²) in [6.45, 7) is 1.84. The van der Waals surface area contributed by atoms with E-state index >= 15 is 0 Å². The van der Waals surface area contributed by atoms with Crippen LogP contribution in [0.3, 0.4) is 0 Å². The van der Waals surface area contributed by atoms with E-state index in [9.17, 15) is 14.0 Å². The number of halogens is 2. The lowest BCUT2D eigenvalue weighted by Gasteiger charge is -2.56. The molecule has 2 aromatic carbocycles. The molecule has 0 N–H and O–H groups in total. The lowest BCUT2D eigenvalue weighted by Crippen LogP contribution is -2.58.